The molecule has 2 unspecified atom stereocenters. The molecule has 0 aliphatic rings. The highest BCUT2D eigenvalue weighted by molar-refractivity contribution is 5.72. The summed E-state index contributed by atoms with van der Waals surface area (Å²) in [5.74, 6) is -1.46. The first-order chi connectivity index (χ1) is 27.1. The molecule has 0 radical (unpaired) electrons. The number of carboxylic acids is 1. The number of aliphatic carboxylic acids is 1. The van der Waals surface area contributed by atoms with Crippen LogP contribution in [0.3, 0.4) is 0 Å². The van der Waals surface area contributed by atoms with Gasteiger partial charge >= 0.3 is 17.9 Å². The van der Waals surface area contributed by atoms with Gasteiger partial charge in [0.2, 0.25) is 0 Å². The third-order valence-electron chi connectivity index (χ3n) is 10.6. The van der Waals surface area contributed by atoms with Crippen molar-refractivity contribution < 1.29 is 38.2 Å². The summed E-state index contributed by atoms with van der Waals surface area (Å²) in [6, 6.07) is -0.611. The Morgan fingerprint density at radius 3 is 1.38 bits per heavy atom. The molecule has 0 fully saturated rings. The van der Waals surface area contributed by atoms with Gasteiger partial charge in [-0.2, -0.15) is 0 Å². The lowest BCUT2D eigenvalue weighted by molar-refractivity contribution is -0.887. The number of esters is 2. The Morgan fingerprint density at radius 2 is 0.929 bits per heavy atom. The van der Waals surface area contributed by atoms with Crippen molar-refractivity contribution in [1.29, 1.82) is 0 Å². The number of hydrogen-bond donors (Lipinski definition) is 1. The van der Waals surface area contributed by atoms with Crippen molar-refractivity contribution >= 4 is 17.9 Å². The Kier molecular flexibility index (Phi) is 38.1. The Morgan fingerprint density at radius 1 is 0.536 bits per heavy atom. The fourth-order valence-corrected chi connectivity index (χ4v) is 6.97. The number of ether oxygens (including phenoxy) is 3. The van der Waals surface area contributed by atoms with E-state index < -0.39 is 18.1 Å². The number of likely N-dealkylation sites (N-methyl/N-ethyl adjacent to an activating group) is 1. The van der Waals surface area contributed by atoms with Crippen LogP contribution in [0.15, 0.2) is 24.3 Å². The van der Waals surface area contributed by atoms with Gasteiger partial charge in [-0.25, -0.2) is 4.79 Å². The Bertz CT molecular complexity index is 973. The molecule has 1 N–H and O–H groups in total. The molecular formula is C48H90NO7+. The maximum Gasteiger partial charge on any atom is 0.362 e. The summed E-state index contributed by atoms with van der Waals surface area (Å²) in [4.78, 5) is 37.0. The highest BCUT2D eigenvalue weighted by atomic mass is 16.6. The predicted molar refractivity (Wildman–Crippen MR) is 234 cm³/mol. The fourth-order valence-electron chi connectivity index (χ4n) is 6.97. The van der Waals surface area contributed by atoms with Gasteiger partial charge < -0.3 is 23.8 Å². The van der Waals surface area contributed by atoms with Gasteiger partial charge in [-0.1, -0.05) is 179 Å². The second-order valence-electron chi connectivity index (χ2n) is 17.0. The van der Waals surface area contributed by atoms with Crippen molar-refractivity contribution in [1.82, 2.24) is 0 Å². The molecule has 0 aliphatic carbocycles. The number of carbonyl (C=O) groups is 3. The molecule has 328 valence electrons. The van der Waals surface area contributed by atoms with Crippen LogP contribution in [-0.2, 0) is 28.6 Å². The van der Waals surface area contributed by atoms with Gasteiger partial charge in [0, 0.05) is 19.3 Å². The smallest absolute Gasteiger partial charge is 0.362 e. The molecule has 0 saturated carbocycles. The minimum atomic E-state index is -0.873. The number of hydrogen-bond acceptors (Lipinski definition) is 6. The lowest BCUT2D eigenvalue weighted by atomic mass is 10.0. The molecule has 0 spiro atoms. The largest absolute Gasteiger partial charge is 0.477 e. The van der Waals surface area contributed by atoms with Crippen LogP contribution in [-0.4, -0.2) is 80.6 Å². The van der Waals surface area contributed by atoms with Crippen molar-refractivity contribution in [2.24, 2.45) is 0 Å². The molecule has 8 nitrogen and oxygen atoms in total. The molecular weight excluding hydrogens is 703 g/mol. The van der Waals surface area contributed by atoms with E-state index in [1.165, 1.54) is 141 Å². The SMILES string of the molecule is CCCCC/C=C/C=C/CCCCCCCCCCCCC(=O)OCC(COCCC(C(=O)O)[N+](C)(C)C)OC(=O)CCCCCCCCCCCCCCC. The summed E-state index contributed by atoms with van der Waals surface area (Å²) in [5.41, 5.74) is 0. The monoisotopic (exact) mass is 793 g/mol. The van der Waals surface area contributed by atoms with Gasteiger partial charge in [0.25, 0.3) is 0 Å². The first kappa shape index (κ1) is 53.8. The fraction of sp³-hybridized carbons (Fsp3) is 0.854. The summed E-state index contributed by atoms with van der Waals surface area (Å²) in [6.45, 7) is 4.73. The van der Waals surface area contributed by atoms with Crippen molar-refractivity contribution in [3.63, 3.8) is 0 Å². The van der Waals surface area contributed by atoms with Crippen LogP contribution in [0.5, 0.6) is 0 Å². The van der Waals surface area contributed by atoms with Crippen LogP contribution in [0.1, 0.15) is 213 Å². The third-order valence-corrected chi connectivity index (χ3v) is 10.6. The number of nitrogens with zero attached hydrogens (tertiary/aromatic N) is 1. The van der Waals surface area contributed by atoms with E-state index in [0.717, 1.165) is 38.5 Å². The quantitative estimate of drug-likeness (QED) is 0.0284. The topological polar surface area (TPSA) is 99.1 Å². The first-order valence-corrected chi connectivity index (χ1v) is 23.4. The number of allylic oxidation sites excluding steroid dienone is 4. The van der Waals surface area contributed by atoms with Crippen LogP contribution in [0, 0.1) is 0 Å². The van der Waals surface area contributed by atoms with Crippen molar-refractivity contribution in [3.8, 4) is 0 Å². The number of rotatable bonds is 42. The van der Waals surface area contributed by atoms with Gasteiger partial charge in [-0.3, -0.25) is 9.59 Å². The molecule has 0 aliphatic heterocycles. The van der Waals surface area contributed by atoms with Gasteiger partial charge in [0.05, 0.1) is 34.4 Å². The minimum absolute atomic E-state index is 0.0483. The molecule has 0 aromatic rings. The van der Waals surface area contributed by atoms with Gasteiger partial charge in [0.1, 0.15) is 6.61 Å². The van der Waals surface area contributed by atoms with E-state index in [1.807, 2.05) is 21.1 Å². The van der Waals surface area contributed by atoms with Crippen molar-refractivity contribution in [2.45, 2.75) is 225 Å². The maximum absolute atomic E-state index is 12.7. The number of unbranched alkanes of at least 4 members (excludes halogenated alkanes) is 25. The van der Waals surface area contributed by atoms with Gasteiger partial charge in [-0.15, -0.1) is 0 Å². The van der Waals surface area contributed by atoms with Crippen molar-refractivity contribution in [3.05, 3.63) is 24.3 Å². The second-order valence-corrected chi connectivity index (χ2v) is 17.0. The molecule has 0 aromatic carbocycles. The number of carboxylic acid groups (broad SMARTS) is 1. The molecule has 0 saturated heterocycles. The van der Waals surface area contributed by atoms with E-state index in [1.54, 1.807) is 0 Å². The van der Waals surface area contributed by atoms with Crippen molar-refractivity contribution in [2.75, 3.05) is 41.0 Å². The second kappa shape index (κ2) is 39.6. The van der Waals surface area contributed by atoms with E-state index in [4.69, 9.17) is 14.2 Å². The van der Waals surface area contributed by atoms with E-state index in [-0.39, 0.29) is 36.2 Å². The van der Waals surface area contributed by atoms with E-state index in [9.17, 15) is 19.5 Å². The Labute approximate surface area is 345 Å². The predicted octanol–water partition coefficient (Wildman–Crippen LogP) is 12.9. The van der Waals surface area contributed by atoms with Crippen LogP contribution in [0.4, 0.5) is 0 Å². The van der Waals surface area contributed by atoms with Gasteiger partial charge in [0.15, 0.2) is 12.1 Å². The van der Waals surface area contributed by atoms with Crippen LogP contribution >= 0.6 is 0 Å². The lowest BCUT2D eigenvalue weighted by Crippen LogP contribution is -2.50. The lowest BCUT2D eigenvalue weighted by Gasteiger charge is -2.31. The highest BCUT2D eigenvalue weighted by Gasteiger charge is 2.31. The van der Waals surface area contributed by atoms with Crippen LogP contribution in [0.25, 0.3) is 0 Å². The molecule has 0 heterocycles. The number of carbonyl (C=O) groups excluding carboxylic acids is 2. The average molecular weight is 793 g/mol. The normalized spacial score (nSPS) is 13.1. The van der Waals surface area contributed by atoms with E-state index >= 15 is 0 Å². The molecule has 0 aromatic heterocycles. The molecule has 0 bridgehead atoms. The summed E-state index contributed by atoms with van der Waals surface area (Å²) in [6.07, 6.45) is 43.5. The molecule has 2 atom stereocenters. The summed E-state index contributed by atoms with van der Waals surface area (Å²) in [5, 5.41) is 9.62. The van der Waals surface area contributed by atoms with Crippen LogP contribution in [0.2, 0.25) is 0 Å². The molecule has 0 rings (SSSR count). The average Bonchev–Trinajstić information content (AvgIpc) is 3.15. The molecule has 8 heteroatoms. The standard InChI is InChI=1S/C48H89NO7/c1-6-8-10-12-14-16-18-20-21-22-23-24-25-27-28-30-32-34-36-38-46(50)55-43-44(42-54-41-40-45(48(52)53)49(3,4)5)56-47(51)39-37-35-33-31-29-26-19-17-15-13-11-9-7-2/h14,16,18,20,44-45H,6-13,15,17,19,21-43H2,1-5H3/p+1/b16-14+,20-18+. The zero-order valence-electron chi connectivity index (χ0n) is 37.3. The molecule has 0 amide bonds. The summed E-state index contributed by atoms with van der Waals surface area (Å²) < 4.78 is 17.3. The number of quaternary nitrogens is 1. The van der Waals surface area contributed by atoms with E-state index in [0.29, 0.717) is 19.3 Å². The highest BCUT2D eigenvalue weighted by Crippen LogP contribution is 2.15. The summed E-state index contributed by atoms with van der Waals surface area (Å²) in [7, 11) is 5.53. The molecule has 56 heavy (non-hydrogen) atoms. The first-order valence-electron chi connectivity index (χ1n) is 23.4. The zero-order valence-corrected chi connectivity index (χ0v) is 37.3. The maximum atomic E-state index is 12.7. The Hall–Kier alpha value is -2.19. The van der Waals surface area contributed by atoms with Crippen LogP contribution < -0.4 is 0 Å². The minimum Gasteiger partial charge on any atom is -0.477 e. The Balaban J connectivity index is 4.26. The summed E-state index contributed by atoms with van der Waals surface area (Å²) >= 11 is 0. The van der Waals surface area contributed by atoms with Gasteiger partial charge in [-0.05, 0) is 38.5 Å². The zero-order chi connectivity index (χ0) is 41.4. The van der Waals surface area contributed by atoms with E-state index in [2.05, 4.69) is 38.2 Å². The third kappa shape index (κ3) is 37.4.